The van der Waals surface area contributed by atoms with Gasteiger partial charge < -0.3 is 5.11 Å². The van der Waals surface area contributed by atoms with Crippen LogP contribution in [0.1, 0.15) is 28.8 Å². The zero-order valence-electron chi connectivity index (χ0n) is 7.01. The van der Waals surface area contributed by atoms with Crippen LogP contribution in [0.3, 0.4) is 0 Å². The van der Waals surface area contributed by atoms with Gasteiger partial charge in [0, 0.05) is 12.0 Å². The first-order chi connectivity index (χ1) is 6.20. The number of Topliss-reactive ketones (excluding diaryl/α,β-unsaturated/α-hetero) is 1. The van der Waals surface area contributed by atoms with Crippen molar-refractivity contribution in [2.24, 2.45) is 0 Å². The van der Waals surface area contributed by atoms with Crippen LogP contribution >= 0.6 is 15.9 Å². The van der Waals surface area contributed by atoms with Crippen LogP contribution < -0.4 is 0 Å². The molecular weight excluding hydrogens is 232 g/mol. The van der Waals surface area contributed by atoms with Gasteiger partial charge in [0.2, 0.25) is 0 Å². The number of hydrogen-bond donors (Lipinski definition) is 1. The third-order valence-electron chi connectivity index (χ3n) is 2.34. The van der Waals surface area contributed by atoms with E-state index in [1.807, 2.05) is 6.07 Å². The highest BCUT2D eigenvalue weighted by atomic mass is 79.9. The highest BCUT2D eigenvalue weighted by Crippen LogP contribution is 2.34. The molecule has 13 heavy (non-hydrogen) atoms. The fraction of sp³-hybridized carbons (Fsp3) is 0.300. The predicted octanol–water partition coefficient (Wildman–Crippen LogP) is 2.67. The molecule has 3 heteroatoms. The highest BCUT2D eigenvalue weighted by molar-refractivity contribution is 9.10. The summed E-state index contributed by atoms with van der Waals surface area (Å²) >= 11 is 3.24. The van der Waals surface area contributed by atoms with Crippen molar-refractivity contribution in [3.05, 3.63) is 27.7 Å². The summed E-state index contributed by atoms with van der Waals surface area (Å²) in [6.45, 7) is 0. The number of benzene rings is 1. The van der Waals surface area contributed by atoms with Crippen molar-refractivity contribution < 1.29 is 9.90 Å². The minimum absolute atomic E-state index is 0.129. The van der Waals surface area contributed by atoms with E-state index in [-0.39, 0.29) is 11.5 Å². The average molecular weight is 241 g/mol. The molecule has 0 heterocycles. The molecule has 0 aromatic heterocycles. The number of aryl methyl sites for hydroxylation is 1. The smallest absolute Gasteiger partial charge is 0.164 e. The van der Waals surface area contributed by atoms with Crippen molar-refractivity contribution in [3.8, 4) is 5.75 Å². The largest absolute Gasteiger partial charge is 0.507 e. The zero-order valence-corrected chi connectivity index (χ0v) is 8.60. The van der Waals surface area contributed by atoms with Crippen LogP contribution in [0.25, 0.3) is 0 Å². The molecule has 1 N–H and O–H groups in total. The Bertz CT molecular complexity index is 371. The van der Waals surface area contributed by atoms with Gasteiger partial charge in [-0.3, -0.25) is 4.79 Å². The van der Waals surface area contributed by atoms with Crippen molar-refractivity contribution in [2.75, 3.05) is 0 Å². The number of phenolic OH excluding ortho intramolecular Hbond substituents is 1. The summed E-state index contributed by atoms with van der Waals surface area (Å²) in [7, 11) is 0. The number of hydrogen-bond acceptors (Lipinski definition) is 2. The second-order valence-electron chi connectivity index (χ2n) is 3.21. The van der Waals surface area contributed by atoms with Crippen molar-refractivity contribution in [3.63, 3.8) is 0 Å². The number of ketones is 1. The lowest BCUT2D eigenvalue weighted by Crippen LogP contribution is -2.11. The van der Waals surface area contributed by atoms with Gasteiger partial charge >= 0.3 is 0 Å². The predicted molar refractivity (Wildman–Crippen MR) is 53.1 cm³/mol. The van der Waals surface area contributed by atoms with E-state index >= 15 is 0 Å². The molecule has 0 aliphatic heterocycles. The number of aromatic hydroxyl groups is 1. The summed E-state index contributed by atoms with van der Waals surface area (Å²) in [5, 5.41) is 9.39. The normalized spacial score (nSPS) is 15.6. The molecule has 1 aliphatic carbocycles. The summed E-state index contributed by atoms with van der Waals surface area (Å²) in [5.41, 5.74) is 1.71. The van der Waals surface area contributed by atoms with Gasteiger partial charge in [0.1, 0.15) is 5.75 Å². The SMILES string of the molecule is O=C1CCCc2ccc(O)c(Br)c21. The van der Waals surface area contributed by atoms with E-state index in [2.05, 4.69) is 15.9 Å². The lowest BCUT2D eigenvalue weighted by atomic mass is 9.90. The minimum Gasteiger partial charge on any atom is -0.507 e. The molecule has 1 aromatic carbocycles. The number of phenols is 1. The van der Waals surface area contributed by atoms with Crippen molar-refractivity contribution in [2.45, 2.75) is 19.3 Å². The second kappa shape index (κ2) is 3.14. The first kappa shape index (κ1) is 8.75. The zero-order chi connectivity index (χ0) is 9.42. The minimum atomic E-state index is 0.129. The lowest BCUT2D eigenvalue weighted by molar-refractivity contribution is 0.0971. The van der Waals surface area contributed by atoms with E-state index in [1.165, 1.54) is 0 Å². The van der Waals surface area contributed by atoms with E-state index < -0.39 is 0 Å². The van der Waals surface area contributed by atoms with Gasteiger partial charge in [0.05, 0.1) is 4.47 Å². The Morgan fingerprint density at radius 1 is 1.31 bits per heavy atom. The molecule has 0 fully saturated rings. The van der Waals surface area contributed by atoms with Crippen LogP contribution in [0.2, 0.25) is 0 Å². The summed E-state index contributed by atoms with van der Waals surface area (Å²) in [6, 6.07) is 3.45. The van der Waals surface area contributed by atoms with E-state index in [1.54, 1.807) is 6.07 Å². The van der Waals surface area contributed by atoms with Crippen LogP contribution in [0.4, 0.5) is 0 Å². The maximum atomic E-state index is 11.5. The number of carbonyl (C=O) groups excluding carboxylic acids is 1. The number of halogens is 1. The molecule has 1 aliphatic rings. The molecule has 0 atom stereocenters. The van der Waals surface area contributed by atoms with Gasteiger partial charge in [-0.1, -0.05) is 6.07 Å². The molecule has 2 nitrogen and oxygen atoms in total. The van der Waals surface area contributed by atoms with Crippen molar-refractivity contribution in [1.29, 1.82) is 0 Å². The fourth-order valence-electron chi connectivity index (χ4n) is 1.68. The Labute approximate surface area is 84.7 Å². The molecule has 68 valence electrons. The maximum Gasteiger partial charge on any atom is 0.164 e. The van der Waals surface area contributed by atoms with Crippen LogP contribution in [-0.2, 0) is 6.42 Å². The number of rotatable bonds is 0. The van der Waals surface area contributed by atoms with E-state index in [0.717, 1.165) is 18.4 Å². The molecule has 0 saturated carbocycles. The molecule has 2 rings (SSSR count). The van der Waals surface area contributed by atoms with Crippen LogP contribution in [0, 0.1) is 0 Å². The van der Waals surface area contributed by atoms with Gasteiger partial charge in [-0.05, 0) is 40.4 Å². The average Bonchev–Trinajstić information content (AvgIpc) is 2.12. The Kier molecular flexibility index (Phi) is 2.12. The summed E-state index contributed by atoms with van der Waals surface area (Å²) in [4.78, 5) is 11.5. The molecule has 0 bridgehead atoms. The summed E-state index contributed by atoms with van der Waals surface area (Å²) < 4.78 is 0.551. The number of carbonyl (C=O) groups is 1. The van der Waals surface area contributed by atoms with E-state index in [9.17, 15) is 9.90 Å². The van der Waals surface area contributed by atoms with Crippen molar-refractivity contribution >= 4 is 21.7 Å². The highest BCUT2D eigenvalue weighted by Gasteiger charge is 2.21. The third-order valence-corrected chi connectivity index (χ3v) is 3.14. The summed E-state index contributed by atoms with van der Waals surface area (Å²) in [6.07, 6.45) is 2.44. The molecule has 1 aromatic rings. The van der Waals surface area contributed by atoms with Gasteiger partial charge in [-0.2, -0.15) is 0 Å². The number of fused-ring (bicyclic) bond motifs is 1. The van der Waals surface area contributed by atoms with Crippen LogP contribution in [-0.4, -0.2) is 10.9 Å². The monoisotopic (exact) mass is 240 g/mol. The third kappa shape index (κ3) is 1.37. The van der Waals surface area contributed by atoms with Gasteiger partial charge in [0.25, 0.3) is 0 Å². The summed E-state index contributed by atoms with van der Waals surface area (Å²) in [5.74, 6) is 0.276. The van der Waals surface area contributed by atoms with Gasteiger partial charge in [-0.15, -0.1) is 0 Å². The van der Waals surface area contributed by atoms with E-state index in [4.69, 9.17) is 0 Å². The van der Waals surface area contributed by atoms with E-state index in [0.29, 0.717) is 16.5 Å². The standard InChI is InChI=1S/C10H9BrO2/c11-10-8(13)5-4-6-2-1-3-7(12)9(6)10/h4-5,13H,1-3H2. The van der Waals surface area contributed by atoms with Gasteiger partial charge in [-0.25, -0.2) is 0 Å². The fourth-order valence-corrected chi connectivity index (χ4v) is 2.29. The Balaban J connectivity index is 2.65. The first-order valence-corrected chi connectivity index (χ1v) is 5.03. The molecule has 0 amide bonds. The Morgan fingerprint density at radius 3 is 2.85 bits per heavy atom. The second-order valence-corrected chi connectivity index (χ2v) is 4.00. The Morgan fingerprint density at radius 2 is 2.08 bits per heavy atom. The molecule has 0 saturated heterocycles. The Hall–Kier alpha value is -0.830. The first-order valence-electron chi connectivity index (χ1n) is 4.23. The molecule has 0 radical (unpaired) electrons. The van der Waals surface area contributed by atoms with Crippen LogP contribution in [0.5, 0.6) is 5.75 Å². The van der Waals surface area contributed by atoms with Crippen molar-refractivity contribution in [1.82, 2.24) is 0 Å². The topological polar surface area (TPSA) is 37.3 Å². The molecule has 0 unspecified atom stereocenters. The lowest BCUT2D eigenvalue weighted by Gasteiger charge is -2.16. The molecular formula is C10H9BrO2. The quantitative estimate of drug-likeness (QED) is 0.758. The van der Waals surface area contributed by atoms with Gasteiger partial charge in [0.15, 0.2) is 5.78 Å². The maximum absolute atomic E-state index is 11.5. The van der Waals surface area contributed by atoms with Crippen LogP contribution in [0.15, 0.2) is 16.6 Å². The molecule has 0 spiro atoms.